The van der Waals surface area contributed by atoms with E-state index in [0.29, 0.717) is 12.1 Å². The molecule has 3 heteroatoms. The summed E-state index contributed by atoms with van der Waals surface area (Å²) in [6, 6.07) is 7.02. The average Bonchev–Trinajstić information content (AvgIpc) is 2.28. The molecule has 0 unspecified atom stereocenters. The van der Waals surface area contributed by atoms with Crippen LogP contribution in [0.2, 0.25) is 5.02 Å². The predicted octanol–water partition coefficient (Wildman–Crippen LogP) is 3.69. The van der Waals surface area contributed by atoms with Crippen LogP contribution in [0.1, 0.15) is 38.7 Å². The smallest absolute Gasteiger partial charge is 0.0452 e. The summed E-state index contributed by atoms with van der Waals surface area (Å²) in [4.78, 5) is 2.53. The maximum Gasteiger partial charge on any atom is 0.0452 e. The van der Waals surface area contributed by atoms with Crippen molar-refractivity contribution in [3.63, 3.8) is 0 Å². The minimum absolute atomic E-state index is 0.635. The van der Waals surface area contributed by atoms with E-state index in [1.54, 1.807) is 0 Å². The molecule has 2 nitrogen and oxygen atoms in total. The van der Waals surface area contributed by atoms with E-state index in [0.717, 1.165) is 22.8 Å². The van der Waals surface area contributed by atoms with E-state index < -0.39 is 0 Å². The first-order valence-electron chi connectivity index (χ1n) is 6.37. The van der Waals surface area contributed by atoms with Crippen molar-refractivity contribution in [3.8, 4) is 0 Å². The number of likely N-dealkylation sites (tertiary alicyclic amines) is 1. The van der Waals surface area contributed by atoms with Crippen molar-refractivity contribution in [2.75, 3.05) is 5.73 Å². The molecule has 0 amide bonds. The molecule has 2 rings (SSSR count). The molecule has 2 N–H and O–H groups in total. The van der Waals surface area contributed by atoms with Crippen LogP contribution in [-0.4, -0.2) is 17.0 Å². The summed E-state index contributed by atoms with van der Waals surface area (Å²) < 4.78 is 0. The fourth-order valence-corrected chi connectivity index (χ4v) is 2.88. The molecule has 0 saturated carbocycles. The number of hydrogen-bond donors (Lipinski definition) is 1. The molecular formula is C14H21ClN2. The maximum absolute atomic E-state index is 6.23. The molecule has 1 aromatic carbocycles. The van der Waals surface area contributed by atoms with Gasteiger partial charge in [-0.2, -0.15) is 0 Å². The van der Waals surface area contributed by atoms with E-state index in [4.69, 9.17) is 17.3 Å². The Morgan fingerprint density at radius 3 is 2.59 bits per heavy atom. The lowest BCUT2D eigenvalue weighted by Gasteiger charge is -2.39. The third-order valence-corrected chi connectivity index (χ3v) is 4.17. The molecule has 94 valence electrons. The second-order valence-corrected chi connectivity index (χ2v) is 5.56. The van der Waals surface area contributed by atoms with Gasteiger partial charge < -0.3 is 5.73 Å². The van der Waals surface area contributed by atoms with Crippen molar-refractivity contribution in [2.45, 2.75) is 51.7 Å². The minimum atomic E-state index is 0.635. The van der Waals surface area contributed by atoms with Crippen LogP contribution in [-0.2, 0) is 6.54 Å². The lowest BCUT2D eigenvalue weighted by atomic mass is 9.96. The minimum Gasteiger partial charge on any atom is -0.399 e. The van der Waals surface area contributed by atoms with Crippen LogP contribution in [0.4, 0.5) is 5.69 Å². The van der Waals surface area contributed by atoms with Crippen LogP contribution in [0.15, 0.2) is 18.2 Å². The maximum atomic E-state index is 6.23. The molecule has 1 fully saturated rings. The van der Waals surface area contributed by atoms with Crippen LogP contribution >= 0.6 is 11.6 Å². The van der Waals surface area contributed by atoms with E-state index in [-0.39, 0.29) is 0 Å². The largest absolute Gasteiger partial charge is 0.399 e. The molecule has 1 aliphatic heterocycles. The van der Waals surface area contributed by atoms with Gasteiger partial charge in [-0.05, 0) is 50.5 Å². The second kappa shape index (κ2) is 5.28. The van der Waals surface area contributed by atoms with Crippen LogP contribution in [0.5, 0.6) is 0 Å². The quantitative estimate of drug-likeness (QED) is 0.814. The first kappa shape index (κ1) is 12.7. The Bertz CT molecular complexity index is 382. The summed E-state index contributed by atoms with van der Waals surface area (Å²) in [7, 11) is 0. The van der Waals surface area contributed by atoms with Crippen LogP contribution < -0.4 is 5.73 Å². The van der Waals surface area contributed by atoms with Gasteiger partial charge in [-0.1, -0.05) is 18.0 Å². The molecule has 17 heavy (non-hydrogen) atoms. The molecule has 0 spiro atoms. The molecular weight excluding hydrogens is 232 g/mol. The van der Waals surface area contributed by atoms with Crippen molar-refractivity contribution >= 4 is 17.3 Å². The average molecular weight is 253 g/mol. The van der Waals surface area contributed by atoms with Crippen molar-refractivity contribution < 1.29 is 0 Å². The standard InChI is InChI=1S/C14H21ClN2/c1-10-4-3-5-11(2)17(10)9-12-8-13(16)6-7-14(12)15/h6-8,10-11H,3-5,9,16H2,1-2H3/t10-,11+. The Hall–Kier alpha value is -0.730. The second-order valence-electron chi connectivity index (χ2n) is 5.15. The molecule has 0 radical (unpaired) electrons. The molecule has 0 aliphatic carbocycles. The number of halogens is 1. The Kier molecular flexibility index (Phi) is 3.95. The van der Waals surface area contributed by atoms with Gasteiger partial charge in [0.15, 0.2) is 0 Å². The van der Waals surface area contributed by atoms with Gasteiger partial charge >= 0.3 is 0 Å². The summed E-state index contributed by atoms with van der Waals surface area (Å²) in [6.07, 6.45) is 3.90. The third-order valence-electron chi connectivity index (χ3n) is 3.80. The Morgan fingerprint density at radius 1 is 1.29 bits per heavy atom. The number of benzene rings is 1. The fourth-order valence-electron chi connectivity index (χ4n) is 2.70. The number of nitrogens with zero attached hydrogens (tertiary/aromatic N) is 1. The van der Waals surface area contributed by atoms with Crippen molar-refractivity contribution in [3.05, 3.63) is 28.8 Å². The summed E-state index contributed by atoms with van der Waals surface area (Å²) in [6.45, 7) is 5.51. The normalized spacial score (nSPS) is 26.1. The van der Waals surface area contributed by atoms with Crippen molar-refractivity contribution in [1.29, 1.82) is 0 Å². The molecule has 1 aliphatic rings. The summed E-state index contributed by atoms with van der Waals surface area (Å²) in [5.74, 6) is 0. The monoisotopic (exact) mass is 252 g/mol. The molecule has 0 bridgehead atoms. The first-order valence-corrected chi connectivity index (χ1v) is 6.75. The third kappa shape index (κ3) is 2.93. The Labute approximate surface area is 109 Å². The van der Waals surface area contributed by atoms with Gasteiger partial charge in [-0.3, -0.25) is 4.90 Å². The Balaban J connectivity index is 2.16. The van der Waals surface area contributed by atoms with E-state index in [1.165, 1.54) is 19.3 Å². The van der Waals surface area contributed by atoms with Gasteiger partial charge in [0.05, 0.1) is 0 Å². The lowest BCUT2D eigenvalue weighted by molar-refractivity contribution is 0.0953. The highest BCUT2D eigenvalue weighted by molar-refractivity contribution is 6.31. The predicted molar refractivity (Wildman–Crippen MR) is 74.2 cm³/mol. The van der Waals surface area contributed by atoms with E-state index in [2.05, 4.69) is 18.7 Å². The van der Waals surface area contributed by atoms with Crippen molar-refractivity contribution in [1.82, 2.24) is 4.90 Å². The van der Waals surface area contributed by atoms with Gasteiger partial charge in [0.1, 0.15) is 0 Å². The fraction of sp³-hybridized carbons (Fsp3) is 0.571. The zero-order valence-corrected chi connectivity index (χ0v) is 11.4. The molecule has 1 aromatic rings. The number of nitrogens with two attached hydrogens (primary N) is 1. The molecule has 2 atom stereocenters. The number of piperidine rings is 1. The summed E-state index contributed by atoms with van der Waals surface area (Å²) >= 11 is 6.23. The topological polar surface area (TPSA) is 29.3 Å². The highest BCUT2D eigenvalue weighted by atomic mass is 35.5. The number of rotatable bonds is 2. The van der Waals surface area contributed by atoms with Gasteiger partial charge in [-0.15, -0.1) is 0 Å². The van der Waals surface area contributed by atoms with E-state index in [9.17, 15) is 0 Å². The SMILES string of the molecule is C[C@@H]1CCC[C@H](C)N1Cc1cc(N)ccc1Cl. The van der Waals surface area contributed by atoms with Gasteiger partial charge in [0.25, 0.3) is 0 Å². The number of anilines is 1. The summed E-state index contributed by atoms with van der Waals surface area (Å²) in [5, 5.41) is 0.823. The highest BCUT2D eigenvalue weighted by Gasteiger charge is 2.25. The highest BCUT2D eigenvalue weighted by Crippen LogP contribution is 2.27. The van der Waals surface area contributed by atoms with E-state index in [1.807, 2.05) is 18.2 Å². The van der Waals surface area contributed by atoms with Crippen LogP contribution in [0.25, 0.3) is 0 Å². The number of hydrogen-bond acceptors (Lipinski definition) is 2. The molecule has 0 aromatic heterocycles. The zero-order valence-electron chi connectivity index (χ0n) is 10.6. The lowest BCUT2D eigenvalue weighted by Crippen LogP contribution is -2.43. The van der Waals surface area contributed by atoms with Crippen LogP contribution in [0, 0.1) is 0 Å². The van der Waals surface area contributed by atoms with Gasteiger partial charge in [0, 0.05) is 29.3 Å². The Morgan fingerprint density at radius 2 is 1.94 bits per heavy atom. The summed E-state index contributed by atoms with van der Waals surface area (Å²) in [5.41, 5.74) is 7.76. The van der Waals surface area contributed by atoms with Crippen LogP contribution in [0.3, 0.4) is 0 Å². The number of nitrogen functional groups attached to an aromatic ring is 1. The zero-order chi connectivity index (χ0) is 12.4. The van der Waals surface area contributed by atoms with E-state index >= 15 is 0 Å². The van der Waals surface area contributed by atoms with Gasteiger partial charge in [-0.25, -0.2) is 0 Å². The van der Waals surface area contributed by atoms with Gasteiger partial charge in [0.2, 0.25) is 0 Å². The molecule has 1 saturated heterocycles. The molecule has 1 heterocycles. The van der Waals surface area contributed by atoms with Crippen molar-refractivity contribution in [2.24, 2.45) is 0 Å². The first-order chi connectivity index (χ1) is 8.08.